The molecule has 34 heavy (non-hydrogen) atoms. The number of hydrogen-bond acceptors (Lipinski definition) is 5. The van der Waals surface area contributed by atoms with Crippen LogP contribution in [0.4, 0.5) is 10.5 Å². The molecule has 2 aromatic carbocycles. The summed E-state index contributed by atoms with van der Waals surface area (Å²) in [5.74, 6) is 0. The van der Waals surface area contributed by atoms with Gasteiger partial charge in [0, 0.05) is 48.3 Å². The van der Waals surface area contributed by atoms with Gasteiger partial charge in [-0.25, -0.2) is 13.2 Å². The molecule has 0 bridgehead atoms. The van der Waals surface area contributed by atoms with Gasteiger partial charge in [0.2, 0.25) is 10.0 Å². The van der Waals surface area contributed by atoms with Crippen molar-refractivity contribution in [1.82, 2.24) is 19.5 Å². The van der Waals surface area contributed by atoms with Crippen molar-refractivity contribution in [2.75, 3.05) is 38.5 Å². The minimum atomic E-state index is -3.57. The predicted molar refractivity (Wildman–Crippen MR) is 137 cm³/mol. The fourth-order valence-electron chi connectivity index (χ4n) is 4.21. The maximum Gasteiger partial charge on any atom is 0.319 e. The van der Waals surface area contributed by atoms with E-state index in [4.69, 9.17) is 0 Å². The molecule has 0 radical (unpaired) electrons. The number of amides is 2. The highest BCUT2D eigenvalue weighted by atomic mass is 79.9. The van der Waals surface area contributed by atoms with Crippen LogP contribution in [0, 0.1) is 6.92 Å². The van der Waals surface area contributed by atoms with Crippen LogP contribution in [0.5, 0.6) is 0 Å². The van der Waals surface area contributed by atoms with Crippen LogP contribution in [0.25, 0.3) is 10.9 Å². The zero-order chi connectivity index (χ0) is 24.3. The molecule has 0 saturated carbocycles. The Kier molecular flexibility index (Phi) is 7.51. The maximum atomic E-state index is 13.0. The minimum Gasteiger partial charge on any atom is -0.337 e. The van der Waals surface area contributed by atoms with Gasteiger partial charge >= 0.3 is 6.03 Å². The van der Waals surface area contributed by atoms with Crippen LogP contribution in [0.3, 0.4) is 0 Å². The van der Waals surface area contributed by atoms with Crippen molar-refractivity contribution in [2.24, 2.45) is 0 Å². The number of aryl methyl sites for hydroxylation is 1. The summed E-state index contributed by atoms with van der Waals surface area (Å²) in [6.07, 6.45) is 0.748. The molecule has 1 aliphatic heterocycles. The van der Waals surface area contributed by atoms with Crippen molar-refractivity contribution in [3.05, 3.63) is 64.8 Å². The molecule has 2 N–H and O–H groups in total. The van der Waals surface area contributed by atoms with Gasteiger partial charge in [-0.05, 0) is 50.2 Å². The molecule has 1 atom stereocenters. The van der Waals surface area contributed by atoms with Crippen molar-refractivity contribution in [2.45, 2.75) is 24.3 Å². The van der Waals surface area contributed by atoms with Gasteiger partial charge in [-0.15, -0.1) is 0 Å². The first-order valence-electron chi connectivity index (χ1n) is 11.1. The molecule has 2 heterocycles. The van der Waals surface area contributed by atoms with Crippen molar-refractivity contribution < 1.29 is 13.2 Å². The van der Waals surface area contributed by atoms with Gasteiger partial charge in [0.05, 0.1) is 16.1 Å². The summed E-state index contributed by atoms with van der Waals surface area (Å²) in [6, 6.07) is 15.9. The zero-order valence-corrected chi connectivity index (χ0v) is 21.6. The van der Waals surface area contributed by atoms with Crippen LogP contribution in [0.1, 0.15) is 12.1 Å². The van der Waals surface area contributed by atoms with E-state index >= 15 is 0 Å². The van der Waals surface area contributed by atoms with E-state index in [0.717, 1.165) is 39.7 Å². The maximum absolute atomic E-state index is 13.0. The second-order valence-electron chi connectivity index (χ2n) is 8.43. The molecule has 4 rings (SSSR count). The molecular formula is C24H28BrN5O3S. The van der Waals surface area contributed by atoms with E-state index in [9.17, 15) is 13.2 Å². The first kappa shape index (κ1) is 24.6. The minimum absolute atomic E-state index is 0.107. The number of benzene rings is 2. The Morgan fingerprint density at radius 3 is 2.79 bits per heavy atom. The second kappa shape index (κ2) is 10.4. The van der Waals surface area contributed by atoms with Gasteiger partial charge in [-0.3, -0.25) is 9.88 Å². The van der Waals surface area contributed by atoms with Crippen LogP contribution >= 0.6 is 15.9 Å². The molecule has 1 unspecified atom stereocenters. The number of sulfonamides is 1. The van der Waals surface area contributed by atoms with E-state index in [0.29, 0.717) is 19.6 Å². The summed E-state index contributed by atoms with van der Waals surface area (Å²) < 4.78 is 28.2. The van der Waals surface area contributed by atoms with Crippen molar-refractivity contribution >= 4 is 48.6 Å². The van der Waals surface area contributed by atoms with Gasteiger partial charge in [-0.2, -0.15) is 4.31 Å². The number of aromatic nitrogens is 1. The molecule has 2 amide bonds. The van der Waals surface area contributed by atoms with Crippen molar-refractivity contribution in [3.63, 3.8) is 0 Å². The molecule has 3 aromatic rings. The van der Waals surface area contributed by atoms with Crippen molar-refractivity contribution in [1.29, 1.82) is 0 Å². The zero-order valence-electron chi connectivity index (χ0n) is 19.2. The van der Waals surface area contributed by atoms with Gasteiger partial charge < -0.3 is 10.6 Å². The number of pyridine rings is 1. The number of para-hydroxylation sites is 1. The van der Waals surface area contributed by atoms with Gasteiger partial charge in [0.15, 0.2) is 0 Å². The van der Waals surface area contributed by atoms with Crippen LogP contribution < -0.4 is 10.6 Å². The first-order valence-corrected chi connectivity index (χ1v) is 13.3. The second-order valence-corrected chi connectivity index (χ2v) is 11.3. The summed E-state index contributed by atoms with van der Waals surface area (Å²) in [7, 11) is -1.93. The molecule has 10 heteroatoms. The van der Waals surface area contributed by atoms with Crippen LogP contribution in [-0.4, -0.2) is 67.9 Å². The lowest BCUT2D eigenvalue weighted by Gasteiger charge is -2.24. The molecule has 1 aromatic heterocycles. The Balaban J connectivity index is 1.28. The molecule has 8 nitrogen and oxygen atoms in total. The van der Waals surface area contributed by atoms with E-state index in [-0.39, 0.29) is 17.0 Å². The lowest BCUT2D eigenvalue weighted by molar-refractivity contribution is 0.248. The van der Waals surface area contributed by atoms with Crippen molar-refractivity contribution in [3.8, 4) is 0 Å². The van der Waals surface area contributed by atoms with Gasteiger partial charge in [0.1, 0.15) is 0 Å². The third-order valence-electron chi connectivity index (χ3n) is 6.04. The smallest absolute Gasteiger partial charge is 0.319 e. The molecule has 1 saturated heterocycles. The number of anilines is 1. The van der Waals surface area contributed by atoms with Crippen LogP contribution in [0.2, 0.25) is 0 Å². The summed E-state index contributed by atoms with van der Waals surface area (Å²) in [4.78, 5) is 19.4. The van der Waals surface area contributed by atoms with Crippen LogP contribution in [0.15, 0.2) is 64.0 Å². The SMILES string of the molecule is Cc1cc(NC(=O)NCCN2CCC(N(C)S(=O)(=O)c3cccc(Br)c3)C2)c2ccccc2n1. The fourth-order valence-corrected chi connectivity index (χ4v) is 6.18. The number of halogens is 1. The largest absolute Gasteiger partial charge is 0.337 e. The van der Waals surface area contributed by atoms with E-state index in [2.05, 4.69) is 36.4 Å². The average Bonchev–Trinajstić information content (AvgIpc) is 3.27. The Morgan fingerprint density at radius 1 is 1.21 bits per heavy atom. The number of likely N-dealkylation sites (N-methyl/N-ethyl adjacent to an activating group) is 1. The van der Waals surface area contributed by atoms with E-state index in [1.807, 2.05) is 37.3 Å². The summed E-state index contributed by atoms with van der Waals surface area (Å²) in [5, 5.41) is 6.71. The highest BCUT2D eigenvalue weighted by molar-refractivity contribution is 9.10. The number of nitrogens with zero attached hydrogens (tertiary/aromatic N) is 3. The normalized spacial score (nSPS) is 16.8. The highest BCUT2D eigenvalue weighted by Crippen LogP contribution is 2.25. The quantitative estimate of drug-likeness (QED) is 0.470. The lowest BCUT2D eigenvalue weighted by atomic mass is 10.1. The van der Waals surface area contributed by atoms with Gasteiger partial charge in [-0.1, -0.05) is 40.2 Å². The Morgan fingerprint density at radius 2 is 2.00 bits per heavy atom. The Bertz CT molecular complexity index is 1300. The number of nitrogens with one attached hydrogen (secondary N) is 2. The predicted octanol–water partition coefficient (Wildman–Crippen LogP) is 3.82. The van der Waals surface area contributed by atoms with Crippen LogP contribution in [-0.2, 0) is 10.0 Å². The van der Waals surface area contributed by atoms with E-state index in [1.165, 1.54) is 4.31 Å². The Labute approximate surface area is 208 Å². The summed E-state index contributed by atoms with van der Waals surface area (Å²) in [6.45, 7) is 4.41. The number of fused-ring (bicyclic) bond motifs is 1. The number of hydrogen-bond donors (Lipinski definition) is 2. The number of likely N-dealkylation sites (tertiary alicyclic amines) is 1. The fraction of sp³-hybridized carbons (Fsp3) is 0.333. The standard InChI is InChI=1S/C24H28BrN5O3S/c1-17-14-23(21-8-3-4-9-22(21)27-17)28-24(31)26-11-13-30-12-10-19(16-30)29(2)34(32,33)20-7-5-6-18(25)15-20/h3-9,14-15,19H,10-13,16H2,1-2H3,(H2,26,27,28,31). The Hall–Kier alpha value is -2.53. The monoisotopic (exact) mass is 545 g/mol. The first-order chi connectivity index (χ1) is 16.2. The number of rotatable bonds is 7. The molecule has 0 spiro atoms. The molecule has 1 aliphatic rings. The molecule has 0 aliphatic carbocycles. The van der Waals surface area contributed by atoms with E-state index in [1.54, 1.807) is 31.3 Å². The molecule has 1 fully saturated rings. The summed E-state index contributed by atoms with van der Waals surface area (Å²) >= 11 is 3.34. The molecular weight excluding hydrogens is 518 g/mol. The lowest BCUT2D eigenvalue weighted by Crippen LogP contribution is -2.40. The topological polar surface area (TPSA) is 94.6 Å². The molecule has 180 valence electrons. The third-order valence-corrected chi connectivity index (χ3v) is 8.44. The highest BCUT2D eigenvalue weighted by Gasteiger charge is 2.33. The van der Waals surface area contributed by atoms with Gasteiger partial charge in [0.25, 0.3) is 0 Å². The third kappa shape index (κ3) is 5.57. The van der Waals surface area contributed by atoms with E-state index < -0.39 is 10.0 Å². The summed E-state index contributed by atoms with van der Waals surface area (Å²) in [5.41, 5.74) is 2.39. The average molecular weight is 546 g/mol. The number of carbonyl (C=O) groups excluding carboxylic acids is 1. The number of urea groups is 1. The number of carbonyl (C=O) groups is 1.